The third-order valence-electron chi connectivity index (χ3n) is 2.62. The molecule has 0 N–H and O–H groups in total. The Labute approximate surface area is 78.8 Å². The molecule has 0 spiro atoms. The molecule has 0 rings (SSSR count). The van der Waals surface area contributed by atoms with Crippen LogP contribution in [0.2, 0.25) is 0 Å². The Balaban J connectivity index is 3.31. The van der Waals surface area contributed by atoms with E-state index >= 15 is 0 Å². The summed E-state index contributed by atoms with van der Waals surface area (Å²) in [4.78, 5) is 0. The maximum Gasteiger partial charge on any atom is -0.0357 e. The molecule has 0 aliphatic carbocycles. The summed E-state index contributed by atoms with van der Waals surface area (Å²) >= 11 is 0. The first-order valence-corrected chi connectivity index (χ1v) is 5.29. The van der Waals surface area contributed by atoms with Gasteiger partial charge in [-0.1, -0.05) is 41.0 Å². The van der Waals surface area contributed by atoms with Crippen molar-refractivity contribution >= 4 is 0 Å². The summed E-state index contributed by atoms with van der Waals surface area (Å²) < 4.78 is 0. The quantitative estimate of drug-likeness (QED) is 0.515. The van der Waals surface area contributed by atoms with Crippen LogP contribution in [-0.2, 0) is 0 Å². The highest BCUT2D eigenvalue weighted by Gasteiger charge is 2.13. The zero-order valence-electron chi connectivity index (χ0n) is 9.48. The highest BCUT2D eigenvalue weighted by Crippen LogP contribution is 2.27. The van der Waals surface area contributed by atoms with Crippen molar-refractivity contribution in [1.82, 2.24) is 0 Å². The van der Waals surface area contributed by atoms with E-state index in [1.54, 1.807) is 0 Å². The second kappa shape index (κ2) is 5.61. The van der Waals surface area contributed by atoms with Crippen molar-refractivity contribution in [1.29, 1.82) is 0 Å². The summed E-state index contributed by atoms with van der Waals surface area (Å²) in [7, 11) is 0. The minimum atomic E-state index is 0.549. The van der Waals surface area contributed by atoms with Gasteiger partial charge in [0.15, 0.2) is 0 Å². The molecule has 1 radical (unpaired) electrons. The third-order valence-corrected chi connectivity index (χ3v) is 2.62. The first-order valence-electron chi connectivity index (χ1n) is 5.29. The second-order valence-corrected chi connectivity index (χ2v) is 4.97. The molecule has 0 unspecified atom stereocenters. The number of unbranched alkanes of at least 4 members (excludes halogenated alkanes) is 1. The molecular weight excluding hydrogens is 144 g/mol. The third kappa shape index (κ3) is 6.69. The van der Waals surface area contributed by atoms with Crippen molar-refractivity contribution in [2.75, 3.05) is 0 Å². The van der Waals surface area contributed by atoms with Crippen LogP contribution < -0.4 is 0 Å². The van der Waals surface area contributed by atoms with Crippen LogP contribution in [0, 0.1) is 17.8 Å². The van der Waals surface area contributed by atoms with E-state index in [9.17, 15) is 0 Å². The van der Waals surface area contributed by atoms with E-state index in [2.05, 4.69) is 41.0 Å². The summed E-state index contributed by atoms with van der Waals surface area (Å²) in [5, 5.41) is 0. The highest BCUT2D eigenvalue weighted by molar-refractivity contribution is 4.73. The molecule has 0 aromatic carbocycles. The molecule has 0 aliphatic rings. The average molecular weight is 169 g/mol. The molecule has 0 heteroatoms. The summed E-state index contributed by atoms with van der Waals surface area (Å²) in [5.41, 5.74) is 0.549. The average Bonchev–Trinajstić information content (AvgIpc) is 1.98. The summed E-state index contributed by atoms with van der Waals surface area (Å²) in [6, 6.07) is 0. The van der Waals surface area contributed by atoms with Gasteiger partial charge in [0, 0.05) is 0 Å². The topological polar surface area (TPSA) is 0 Å². The Morgan fingerprint density at radius 2 is 1.83 bits per heavy atom. The molecule has 0 aliphatic heterocycles. The normalized spacial score (nSPS) is 12.5. The molecule has 0 aromatic rings. The van der Waals surface area contributed by atoms with Gasteiger partial charge in [-0.05, 0) is 37.0 Å². The molecule has 0 fully saturated rings. The fourth-order valence-corrected chi connectivity index (χ4v) is 1.12. The van der Waals surface area contributed by atoms with Crippen LogP contribution in [0.15, 0.2) is 0 Å². The van der Waals surface area contributed by atoms with Crippen LogP contribution in [0.5, 0.6) is 0 Å². The maximum atomic E-state index is 2.45. The minimum Gasteiger partial charge on any atom is -0.0649 e. The van der Waals surface area contributed by atoms with Gasteiger partial charge in [-0.3, -0.25) is 0 Å². The van der Waals surface area contributed by atoms with Gasteiger partial charge in [0.2, 0.25) is 0 Å². The summed E-state index contributed by atoms with van der Waals surface area (Å²) in [5.74, 6) is 0.828. The SMILES string of the molecule is CCC(C)(C)CC[CH]CC(C)C. The number of rotatable bonds is 6. The number of hydrogen-bond acceptors (Lipinski definition) is 0. The van der Waals surface area contributed by atoms with Crippen molar-refractivity contribution in [3.05, 3.63) is 6.42 Å². The molecule has 0 nitrogen and oxygen atoms in total. The van der Waals surface area contributed by atoms with E-state index in [1.165, 1.54) is 25.7 Å². The largest absolute Gasteiger partial charge is 0.0649 e. The van der Waals surface area contributed by atoms with Gasteiger partial charge in [-0.2, -0.15) is 0 Å². The first kappa shape index (κ1) is 12.0. The molecule has 0 atom stereocenters. The van der Waals surface area contributed by atoms with Crippen molar-refractivity contribution in [2.45, 2.75) is 60.3 Å². The molecule has 0 saturated heterocycles. The van der Waals surface area contributed by atoms with E-state index in [0.717, 1.165) is 5.92 Å². The Bertz CT molecular complexity index is 101. The van der Waals surface area contributed by atoms with Crippen molar-refractivity contribution in [3.63, 3.8) is 0 Å². The van der Waals surface area contributed by atoms with Crippen molar-refractivity contribution in [2.24, 2.45) is 11.3 Å². The van der Waals surface area contributed by atoms with Crippen LogP contribution in [0.25, 0.3) is 0 Å². The van der Waals surface area contributed by atoms with Gasteiger partial charge in [-0.15, -0.1) is 0 Å². The maximum absolute atomic E-state index is 2.45. The Morgan fingerprint density at radius 3 is 2.25 bits per heavy atom. The van der Waals surface area contributed by atoms with Gasteiger partial charge in [0.25, 0.3) is 0 Å². The zero-order valence-corrected chi connectivity index (χ0v) is 9.48. The fourth-order valence-electron chi connectivity index (χ4n) is 1.12. The lowest BCUT2D eigenvalue weighted by Gasteiger charge is -2.22. The Kier molecular flexibility index (Phi) is 5.61. The van der Waals surface area contributed by atoms with Gasteiger partial charge in [-0.25, -0.2) is 0 Å². The number of hydrogen-bond donors (Lipinski definition) is 0. The summed E-state index contributed by atoms with van der Waals surface area (Å²) in [6.07, 6.45) is 7.65. The molecule has 12 heavy (non-hydrogen) atoms. The fraction of sp³-hybridized carbons (Fsp3) is 0.917. The highest BCUT2D eigenvalue weighted by atomic mass is 14.2. The van der Waals surface area contributed by atoms with Crippen LogP contribution in [0.3, 0.4) is 0 Å². The van der Waals surface area contributed by atoms with Crippen molar-refractivity contribution in [3.8, 4) is 0 Å². The lowest BCUT2D eigenvalue weighted by Crippen LogP contribution is -2.09. The van der Waals surface area contributed by atoms with Gasteiger partial charge < -0.3 is 0 Å². The van der Waals surface area contributed by atoms with E-state index in [4.69, 9.17) is 0 Å². The first-order chi connectivity index (χ1) is 5.48. The van der Waals surface area contributed by atoms with Gasteiger partial charge >= 0.3 is 0 Å². The zero-order chi connectivity index (χ0) is 9.61. The minimum absolute atomic E-state index is 0.549. The molecule has 0 bridgehead atoms. The van der Waals surface area contributed by atoms with Crippen LogP contribution in [-0.4, -0.2) is 0 Å². The smallest absolute Gasteiger partial charge is 0.0357 e. The molecular formula is C12H25. The molecule has 0 aromatic heterocycles. The standard InChI is InChI=1S/C12H25/c1-6-12(4,5)10-8-7-9-11(2)3/h7,11H,6,8-10H2,1-5H3. The summed E-state index contributed by atoms with van der Waals surface area (Å²) in [6.45, 7) is 11.6. The molecule has 73 valence electrons. The molecule has 0 saturated carbocycles. The van der Waals surface area contributed by atoms with Gasteiger partial charge in [0.05, 0.1) is 0 Å². The van der Waals surface area contributed by atoms with Crippen LogP contribution >= 0.6 is 0 Å². The second-order valence-electron chi connectivity index (χ2n) is 4.97. The van der Waals surface area contributed by atoms with Crippen molar-refractivity contribution < 1.29 is 0 Å². The Hall–Kier alpha value is 0. The van der Waals surface area contributed by atoms with E-state index in [0.29, 0.717) is 5.41 Å². The lowest BCUT2D eigenvalue weighted by atomic mass is 9.84. The van der Waals surface area contributed by atoms with Gasteiger partial charge in [0.1, 0.15) is 0 Å². The van der Waals surface area contributed by atoms with Crippen LogP contribution in [0.1, 0.15) is 60.3 Å². The molecule has 0 amide bonds. The monoisotopic (exact) mass is 169 g/mol. The lowest BCUT2D eigenvalue weighted by molar-refractivity contribution is 0.318. The predicted octanol–water partition coefficient (Wildman–Crippen LogP) is 4.45. The Morgan fingerprint density at radius 1 is 1.25 bits per heavy atom. The van der Waals surface area contributed by atoms with Crippen LogP contribution in [0.4, 0.5) is 0 Å². The van der Waals surface area contributed by atoms with E-state index < -0.39 is 0 Å². The predicted molar refractivity (Wildman–Crippen MR) is 57.1 cm³/mol. The van der Waals surface area contributed by atoms with E-state index in [1.807, 2.05) is 0 Å². The molecule has 0 heterocycles. The van der Waals surface area contributed by atoms with E-state index in [-0.39, 0.29) is 0 Å².